The van der Waals surface area contributed by atoms with Crippen molar-refractivity contribution < 1.29 is 27.2 Å². The Kier molecular flexibility index (Phi) is 4.76. The zero-order chi connectivity index (χ0) is 18.0. The van der Waals surface area contributed by atoms with Gasteiger partial charge in [-0.1, -0.05) is 17.3 Å². The second-order valence-corrected chi connectivity index (χ2v) is 5.74. The minimum Gasteiger partial charge on any atom is -0.468 e. The summed E-state index contributed by atoms with van der Waals surface area (Å²) in [5.41, 5.74) is -0.313. The van der Waals surface area contributed by atoms with Crippen LogP contribution in [0, 0.1) is 0 Å². The van der Waals surface area contributed by atoms with Crippen LogP contribution in [0.5, 0.6) is 0 Å². The zero-order valence-corrected chi connectivity index (χ0v) is 13.4. The Balaban J connectivity index is 1.71. The lowest BCUT2D eigenvalue weighted by Crippen LogP contribution is -2.36. The summed E-state index contributed by atoms with van der Waals surface area (Å²) in [6, 6.07) is 4.19. The van der Waals surface area contributed by atoms with Crippen LogP contribution in [-0.4, -0.2) is 40.7 Å². The molecule has 1 aliphatic heterocycles. The Labute approximate surface area is 141 Å². The lowest BCUT2D eigenvalue weighted by Gasteiger charge is -2.19. The molecule has 0 radical (unpaired) electrons. The quantitative estimate of drug-likeness (QED) is 0.786. The lowest BCUT2D eigenvalue weighted by atomic mass is 10.1. The Bertz CT molecular complexity index is 743. The van der Waals surface area contributed by atoms with Crippen molar-refractivity contribution in [1.29, 1.82) is 0 Å². The third-order valence-corrected chi connectivity index (χ3v) is 4.11. The molecule has 1 aromatic heterocycles. The number of alkyl halides is 3. The standard InChI is InChI=1S/C16H16F3N3O3/c1-24-15(23)12-3-2-8-22(12)9-13-20-14(21-25-13)10-4-6-11(7-5-10)16(17,18)19/h4-7,12H,2-3,8-9H2,1H3. The molecule has 0 bridgehead atoms. The monoisotopic (exact) mass is 355 g/mol. The molecular weight excluding hydrogens is 339 g/mol. The van der Waals surface area contributed by atoms with E-state index in [-0.39, 0.29) is 24.4 Å². The first-order valence-corrected chi connectivity index (χ1v) is 7.70. The number of hydrogen-bond acceptors (Lipinski definition) is 6. The second-order valence-electron chi connectivity index (χ2n) is 5.74. The molecule has 1 aliphatic rings. The molecule has 1 unspecified atom stereocenters. The Hall–Kier alpha value is -2.42. The van der Waals surface area contributed by atoms with Crippen LogP contribution in [0.1, 0.15) is 24.3 Å². The van der Waals surface area contributed by atoms with Crippen molar-refractivity contribution >= 4 is 5.97 Å². The molecule has 1 saturated heterocycles. The maximum atomic E-state index is 12.6. The summed E-state index contributed by atoms with van der Waals surface area (Å²) in [6.45, 7) is 0.991. The first kappa shape index (κ1) is 17.4. The number of likely N-dealkylation sites (tertiary alicyclic amines) is 1. The molecule has 0 N–H and O–H groups in total. The van der Waals surface area contributed by atoms with Crippen molar-refractivity contribution in [2.75, 3.05) is 13.7 Å². The fraction of sp³-hybridized carbons (Fsp3) is 0.438. The van der Waals surface area contributed by atoms with Crippen molar-refractivity contribution in [3.05, 3.63) is 35.7 Å². The molecule has 0 spiro atoms. The van der Waals surface area contributed by atoms with Crippen LogP contribution in [0.3, 0.4) is 0 Å². The van der Waals surface area contributed by atoms with Gasteiger partial charge < -0.3 is 9.26 Å². The summed E-state index contributed by atoms with van der Waals surface area (Å²) in [5, 5.41) is 3.80. The van der Waals surface area contributed by atoms with E-state index in [4.69, 9.17) is 9.26 Å². The topological polar surface area (TPSA) is 68.5 Å². The van der Waals surface area contributed by atoms with Gasteiger partial charge in [0.2, 0.25) is 11.7 Å². The highest BCUT2D eigenvalue weighted by molar-refractivity contribution is 5.75. The number of rotatable bonds is 4. The number of carbonyl (C=O) groups is 1. The Morgan fingerprint density at radius 3 is 2.72 bits per heavy atom. The van der Waals surface area contributed by atoms with E-state index in [0.29, 0.717) is 24.4 Å². The number of halogens is 3. The van der Waals surface area contributed by atoms with Crippen LogP contribution in [0.4, 0.5) is 13.2 Å². The molecule has 25 heavy (non-hydrogen) atoms. The van der Waals surface area contributed by atoms with E-state index in [0.717, 1.165) is 18.6 Å². The van der Waals surface area contributed by atoms with E-state index in [1.54, 1.807) is 0 Å². The van der Waals surface area contributed by atoms with Crippen molar-refractivity contribution in [2.24, 2.45) is 0 Å². The van der Waals surface area contributed by atoms with Crippen molar-refractivity contribution in [1.82, 2.24) is 15.0 Å². The number of aromatic nitrogens is 2. The highest BCUT2D eigenvalue weighted by Gasteiger charge is 2.33. The predicted molar refractivity (Wildman–Crippen MR) is 80.2 cm³/mol. The molecule has 2 aromatic rings. The predicted octanol–water partition coefficient (Wildman–Crippen LogP) is 2.89. The van der Waals surface area contributed by atoms with Gasteiger partial charge in [-0.25, -0.2) is 0 Å². The van der Waals surface area contributed by atoms with Crippen molar-refractivity contribution in [3.8, 4) is 11.4 Å². The number of methoxy groups -OCH3 is 1. The van der Waals surface area contributed by atoms with Gasteiger partial charge in [-0.15, -0.1) is 0 Å². The second kappa shape index (κ2) is 6.83. The number of esters is 1. The summed E-state index contributed by atoms with van der Waals surface area (Å²) < 4.78 is 47.7. The minimum atomic E-state index is -4.39. The molecule has 0 amide bonds. The number of ether oxygens (including phenoxy) is 1. The number of nitrogens with zero attached hydrogens (tertiary/aromatic N) is 3. The highest BCUT2D eigenvalue weighted by atomic mass is 19.4. The summed E-state index contributed by atoms with van der Waals surface area (Å²) in [5.74, 6) is 0.197. The Morgan fingerprint density at radius 2 is 2.08 bits per heavy atom. The van der Waals surface area contributed by atoms with E-state index in [1.165, 1.54) is 19.2 Å². The minimum absolute atomic E-state index is 0.206. The van der Waals surface area contributed by atoms with E-state index in [1.807, 2.05) is 4.90 Å². The van der Waals surface area contributed by atoms with Crippen LogP contribution in [0.2, 0.25) is 0 Å². The fourth-order valence-corrected chi connectivity index (χ4v) is 2.84. The first-order valence-electron chi connectivity index (χ1n) is 7.70. The van der Waals surface area contributed by atoms with Gasteiger partial charge in [-0.05, 0) is 31.5 Å². The summed E-state index contributed by atoms with van der Waals surface area (Å²) in [7, 11) is 1.34. The molecule has 2 heterocycles. The van der Waals surface area contributed by atoms with Crippen LogP contribution in [0.15, 0.2) is 28.8 Å². The molecule has 3 rings (SSSR count). The molecule has 1 atom stereocenters. The lowest BCUT2D eigenvalue weighted by molar-refractivity contribution is -0.146. The van der Waals surface area contributed by atoms with Crippen LogP contribution >= 0.6 is 0 Å². The SMILES string of the molecule is COC(=O)C1CCCN1Cc1nc(-c2ccc(C(F)(F)F)cc2)no1. The van der Waals surface area contributed by atoms with E-state index >= 15 is 0 Å². The number of benzene rings is 1. The van der Waals surface area contributed by atoms with Gasteiger partial charge in [-0.2, -0.15) is 18.2 Å². The van der Waals surface area contributed by atoms with Gasteiger partial charge >= 0.3 is 12.1 Å². The highest BCUT2D eigenvalue weighted by Crippen LogP contribution is 2.30. The number of hydrogen-bond donors (Lipinski definition) is 0. The fourth-order valence-electron chi connectivity index (χ4n) is 2.84. The third kappa shape index (κ3) is 3.81. The van der Waals surface area contributed by atoms with Crippen LogP contribution in [0.25, 0.3) is 11.4 Å². The summed E-state index contributed by atoms with van der Waals surface area (Å²) >= 11 is 0. The number of carbonyl (C=O) groups excluding carboxylic acids is 1. The van der Waals surface area contributed by atoms with Gasteiger partial charge in [-0.3, -0.25) is 9.69 Å². The largest absolute Gasteiger partial charge is 0.468 e. The molecule has 9 heteroatoms. The van der Waals surface area contributed by atoms with E-state index in [2.05, 4.69) is 10.1 Å². The molecule has 0 saturated carbocycles. The smallest absolute Gasteiger partial charge is 0.416 e. The van der Waals surface area contributed by atoms with Crippen molar-refractivity contribution in [3.63, 3.8) is 0 Å². The maximum Gasteiger partial charge on any atom is 0.416 e. The molecule has 1 aromatic carbocycles. The van der Waals surface area contributed by atoms with Gasteiger partial charge in [0.1, 0.15) is 6.04 Å². The summed E-state index contributed by atoms with van der Waals surface area (Å²) in [4.78, 5) is 17.8. The van der Waals surface area contributed by atoms with Crippen molar-refractivity contribution in [2.45, 2.75) is 31.6 Å². The van der Waals surface area contributed by atoms with Crippen LogP contribution in [-0.2, 0) is 22.3 Å². The summed E-state index contributed by atoms with van der Waals surface area (Å²) in [6.07, 6.45) is -2.83. The van der Waals surface area contributed by atoms with Gasteiger partial charge in [0.15, 0.2) is 0 Å². The van der Waals surface area contributed by atoms with Gasteiger partial charge in [0, 0.05) is 5.56 Å². The van der Waals surface area contributed by atoms with E-state index in [9.17, 15) is 18.0 Å². The average Bonchev–Trinajstić information content (AvgIpc) is 3.23. The van der Waals surface area contributed by atoms with Crippen LogP contribution < -0.4 is 0 Å². The Morgan fingerprint density at radius 1 is 1.36 bits per heavy atom. The van der Waals surface area contributed by atoms with E-state index < -0.39 is 11.7 Å². The van der Waals surface area contributed by atoms with Gasteiger partial charge in [0.25, 0.3) is 0 Å². The normalized spacial score (nSPS) is 18.5. The molecule has 6 nitrogen and oxygen atoms in total. The third-order valence-electron chi connectivity index (χ3n) is 4.11. The first-order chi connectivity index (χ1) is 11.9. The molecule has 134 valence electrons. The average molecular weight is 355 g/mol. The molecule has 1 fully saturated rings. The zero-order valence-electron chi connectivity index (χ0n) is 13.4. The molecular formula is C16H16F3N3O3. The molecule has 0 aliphatic carbocycles. The van der Waals surface area contributed by atoms with Gasteiger partial charge in [0.05, 0.1) is 19.2 Å². The maximum absolute atomic E-state index is 12.6.